The molecule has 0 saturated carbocycles. The van der Waals surface area contributed by atoms with Crippen LogP contribution in [-0.2, 0) is 20.9 Å². The number of rotatable bonds is 9. The van der Waals surface area contributed by atoms with Gasteiger partial charge in [0.15, 0.2) is 0 Å². The molecule has 170 valence electrons. The van der Waals surface area contributed by atoms with Crippen LogP contribution in [0.3, 0.4) is 0 Å². The van der Waals surface area contributed by atoms with Crippen molar-refractivity contribution in [2.75, 3.05) is 39.4 Å². The summed E-state index contributed by atoms with van der Waals surface area (Å²) in [5.41, 5.74) is 4.01. The molecule has 0 atom stereocenters. The Hall–Kier alpha value is -2.94. The molecule has 0 aliphatic carbocycles. The zero-order chi connectivity index (χ0) is 22.6. The molecule has 32 heavy (non-hydrogen) atoms. The largest absolute Gasteiger partial charge is 0.489 e. The minimum atomic E-state index is -0.796. The van der Waals surface area contributed by atoms with E-state index in [1.54, 1.807) is 24.3 Å². The van der Waals surface area contributed by atoms with E-state index in [0.29, 0.717) is 23.9 Å². The molecule has 8 nitrogen and oxygen atoms in total. The van der Waals surface area contributed by atoms with E-state index < -0.39 is 11.8 Å². The Morgan fingerprint density at radius 2 is 1.78 bits per heavy atom. The van der Waals surface area contributed by atoms with Crippen molar-refractivity contribution in [2.45, 2.75) is 13.0 Å². The van der Waals surface area contributed by atoms with Crippen LogP contribution in [0.1, 0.15) is 17.5 Å². The van der Waals surface area contributed by atoms with E-state index in [-0.39, 0.29) is 0 Å². The van der Waals surface area contributed by atoms with Crippen LogP contribution < -0.4 is 15.5 Å². The third kappa shape index (κ3) is 8.30. The summed E-state index contributed by atoms with van der Waals surface area (Å²) in [6.45, 7) is 5.02. The minimum Gasteiger partial charge on any atom is -0.489 e. The molecule has 3 rings (SSSR count). The van der Waals surface area contributed by atoms with Gasteiger partial charge in [0, 0.05) is 24.7 Å². The molecule has 1 saturated heterocycles. The molecular formula is C23H27ClN4O4. The number of hydrazone groups is 1. The molecule has 0 bridgehead atoms. The third-order valence-electron chi connectivity index (χ3n) is 4.83. The Kier molecular flexibility index (Phi) is 9.49. The first-order valence-corrected chi connectivity index (χ1v) is 10.9. The number of morpholine rings is 1. The summed E-state index contributed by atoms with van der Waals surface area (Å²) < 4.78 is 11.0. The molecule has 2 amide bonds. The first kappa shape index (κ1) is 23.7. The van der Waals surface area contributed by atoms with Crippen LogP contribution in [0, 0.1) is 0 Å². The maximum atomic E-state index is 11.8. The fraction of sp³-hybridized carbons (Fsp3) is 0.348. The molecule has 2 aromatic rings. The number of carbonyl (C=O) groups excluding carboxylic acids is 2. The Bertz CT molecular complexity index is 897. The maximum absolute atomic E-state index is 11.8. The van der Waals surface area contributed by atoms with Gasteiger partial charge in [0.25, 0.3) is 0 Å². The minimum absolute atomic E-state index is 0.433. The van der Waals surface area contributed by atoms with E-state index >= 15 is 0 Å². The average Bonchev–Trinajstić information content (AvgIpc) is 2.83. The number of carbonyl (C=O) groups is 2. The van der Waals surface area contributed by atoms with E-state index in [9.17, 15) is 9.59 Å². The summed E-state index contributed by atoms with van der Waals surface area (Å²) >= 11 is 5.87. The first-order chi connectivity index (χ1) is 15.6. The van der Waals surface area contributed by atoms with Crippen molar-refractivity contribution in [3.05, 3.63) is 64.7 Å². The van der Waals surface area contributed by atoms with Gasteiger partial charge in [-0.1, -0.05) is 23.7 Å². The lowest BCUT2D eigenvalue weighted by molar-refractivity contribution is -0.139. The van der Waals surface area contributed by atoms with Crippen LogP contribution in [0.5, 0.6) is 5.75 Å². The van der Waals surface area contributed by atoms with Crippen molar-refractivity contribution in [3.8, 4) is 5.75 Å². The number of benzene rings is 2. The quantitative estimate of drug-likeness (QED) is 0.260. The highest BCUT2D eigenvalue weighted by molar-refractivity contribution is 6.35. The molecule has 1 aliphatic rings. The van der Waals surface area contributed by atoms with Gasteiger partial charge in [0.05, 0.1) is 19.4 Å². The second-order valence-corrected chi connectivity index (χ2v) is 7.68. The summed E-state index contributed by atoms with van der Waals surface area (Å²) in [5, 5.41) is 7.12. The van der Waals surface area contributed by atoms with E-state index in [4.69, 9.17) is 21.1 Å². The molecule has 0 spiro atoms. The molecule has 9 heteroatoms. The summed E-state index contributed by atoms with van der Waals surface area (Å²) in [4.78, 5) is 25.9. The van der Waals surface area contributed by atoms with Crippen molar-refractivity contribution in [2.24, 2.45) is 5.10 Å². The number of hydrogen-bond acceptors (Lipinski definition) is 6. The van der Waals surface area contributed by atoms with Crippen molar-refractivity contribution in [1.29, 1.82) is 0 Å². The highest BCUT2D eigenvalue weighted by atomic mass is 35.5. The fourth-order valence-corrected chi connectivity index (χ4v) is 3.15. The fourth-order valence-electron chi connectivity index (χ4n) is 3.02. The Morgan fingerprint density at radius 1 is 1.06 bits per heavy atom. The smallest absolute Gasteiger partial charge is 0.329 e. The van der Waals surface area contributed by atoms with Crippen LogP contribution in [0.4, 0.5) is 0 Å². The Morgan fingerprint density at radius 3 is 2.50 bits per heavy atom. The van der Waals surface area contributed by atoms with Crippen molar-refractivity contribution in [1.82, 2.24) is 15.6 Å². The van der Waals surface area contributed by atoms with Gasteiger partial charge in [-0.25, -0.2) is 5.43 Å². The molecule has 1 heterocycles. The third-order valence-corrected chi connectivity index (χ3v) is 5.08. The van der Waals surface area contributed by atoms with Crippen LogP contribution in [0.2, 0.25) is 5.02 Å². The van der Waals surface area contributed by atoms with Crippen LogP contribution in [0.15, 0.2) is 53.6 Å². The van der Waals surface area contributed by atoms with Crippen molar-refractivity contribution >= 4 is 29.6 Å². The number of hydrogen-bond donors (Lipinski definition) is 2. The molecule has 2 aromatic carbocycles. The van der Waals surface area contributed by atoms with Gasteiger partial charge in [0.1, 0.15) is 12.4 Å². The Balaban J connectivity index is 1.32. The lowest BCUT2D eigenvalue weighted by Crippen LogP contribution is -2.40. The standard InChI is InChI=1S/C23H27ClN4O4/c24-20-6-2-19(3-7-20)17-32-21-8-4-18(5-9-21)16-26-27-23(30)22(29)25-10-1-11-28-12-14-31-15-13-28/h2-9,16H,1,10-15,17H2,(H,25,29)(H,27,30)/b26-16-. The molecular weight excluding hydrogens is 432 g/mol. The second kappa shape index (κ2) is 12.8. The lowest BCUT2D eigenvalue weighted by Gasteiger charge is -2.26. The summed E-state index contributed by atoms with van der Waals surface area (Å²) in [5.74, 6) is -0.789. The lowest BCUT2D eigenvalue weighted by atomic mass is 10.2. The van der Waals surface area contributed by atoms with E-state index in [1.807, 2.05) is 24.3 Å². The topological polar surface area (TPSA) is 92.3 Å². The number of nitrogens with zero attached hydrogens (tertiary/aromatic N) is 2. The molecule has 0 radical (unpaired) electrons. The predicted octanol–water partition coefficient (Wildman–Crippen LogP) is 2.21. The maximum Gasteiger partial charge on any atom is 0.329 e. The predicted molar refractivity (Wildman–Crippen MR) is 123 cm³/mol. The summed E-state index contributed by atoms with van der Waals surface area (Å²) in [6.07, 6.45) is 2.24. The number of halogens is 1. The van der Waals surface area contributed by atoms with Gasteiger partial charge in [0.2, 0.25) is 0 Å². The van der Waals surface area contributed by atoms with Gasteiger partial charge in [-0.2, -0.15) is 5.10 Å². The van der Waals surface area contributed by atoms with Gasteiger partial charge in [-0.3, -0.25) is 14.5 Å². The molecule has 0 unspecified atom stereocenters. The van der Waals surface area contributed by atoms with Crippen molar-refractivity contribution in [3.63, 3.8) is 0 Å². The van der Waals surface area contributed by atoms with E-state index in [2.05, 4.69) is 20.7 Å². The highest BCUT2D eigenvalue weighted by Gasteiger charge is 2.13. The summed E-state index contributed by atoms with van der Waals surface area (Å²) in [7, 11) is 0. The zero-order valence-electron chi connectivity index (χ0n) is 17.8. The normalized spacial score (nSPS) is 14.3. The van der Waals surface area contributed by atoms with Gasteiger partial charge in [-0.05, 0) is 60.5 Å². The Labute approximate surface area is 192 Å². The monoisotopic (exact) mass is 458 g/mol. The van der Waals surface area contributed by atoms with Crippen LogP contribution in [0.25, 0.3) is 0 Å². The van der Waals surface area contributed by atoms with E-state index in [0.717, 1.165) is 50.4 Å². The highest BCUT2D eigenvalue weighted by Crippen LogP contribution is 2.15. The van der Waals surface area contributed by atoms with Gasteiger partial charge < -0.3 is 14.8 Å². The van der Waals surface area contributed by atoms with Gasteiger partial charge >= 0.3 is 11.8 Å². The average molecular weight is 459 g/mol. The second-order valence-electron chi connectivity index (χ2n) is 7.25. The number of ether oxygens (including phenoxy) is 2. The van der Waals surface area contributed by atoms with E-state index in [1.165, 1.54) is 6.21 Å². The molecule has 1 aliphatic heterocycles. The van der Waals surface area contributed by atoms with Crippen LogP contribution in [-0.4, -0.2) is 62.3 Å². The first-order valence-electron chi connectivity index (χ1n) is 10.5. The zero-order valence-corrected chi connectivity index (χ0v) is 18.5. The van der Waals surface area contributed by atoms with Crippen molar-refractivity contribution < 1.29 is 19.1 Å². The van der Waals surface area contributed by atoms with Gasteiger partial charge in [-0.15, -0.1) is 0 Å². The summed E-state index contributed by atoms with van der Waals surface area (Å²) in [6, 6.07) is 14.7. The SMILES string of the molecule is O=C(NCCCN1CCOCC1)C(=O)N/N=C\c1ccc(OCc2ccc(Cl)cc2)cc1. The number of amides is 2. The molecule has 2 N–H and O–H groups in total. The van der Waals surface area contributed by atoms with Crippen LogP contribution >= 0.6 is 11.6 Å². The molecule has 0 aromatic heterocycles. The molecule has 1 fully saturated rings. The number of nitrogens with one attached hydrogen (secondary N) is 2.